The molecule has 1 atom stereocenters. The number of nitrogens with zero attached hydrogens (tertiary/aromatic N) is 1. The van der Waals surface area contributed by atoms with Crippen LogP contribution in [0, 0.1) is 0 Å². The molecule has 0 aromatic heterocycles. The quantitative estimate of drug-likeness (QED) is 0.756. The molecule has 6 heteroatoms. The lowest BCUT2D eigenvalue weighted by Gasteiger charge is -2.26. The highest BCUT2D eigenvalue weighted by molar-refractivity contribution is 9.10. The number of rotatable bonds is 4. The van der Waals surface area contributed by atoms with E-state index < -0.39 is 17.7 Å². The number of hydrogen-bond acceptors (Lipinski definition) is 3. The molecule has 1 aliphatic rings. The van der Waals surface area contributed by atoms with Crippen molar-refractivity contribution in [2.75, 3.05) is 11.4 Å². The molecule has 2 aromatic carbocycles. The molecule has 28 heavy (non-hydrogen) atoms. The average Bonchev–Trinajstić information content (AvgIpc) is 3.02. The summed E-state index contributed by atoms with van der Waals surface area (Å²) in [5.41, 5.74) is 2.50. The van der Waals surface area contributed by atoms with Gasteiger partial charge in [-0.25, -0.2) is 4.79 Å². The maximum absolute atomic E-state index is 13.3. The fourth-order valence-corrected chi connectivity index (χ4v) is 3.65. The number of ether oxygens (including phenoxy) is 1. The third kappa shape index (κ3) is 5.13. The summed E-state index contributed by atoms with van der Waals surface area (Å²) in [5, 5.41) is 2.77. The Balaban J connectivity index is 1.82. The third-order valence-electron chi connectivity index (χ3n) is 4.47. The number of hydrogen-bond donors (Lipinski definition) is 1. The van der Waals surface area contributed by atoms with Gasteiger partial charge in [0.05, 0.1) is 0 Å². The van der Waals surface area contributed by atoms with Crippen LogP contribution in [0.3, 0.4) is 0 Å². The Labute approximate surface area is 174 Å². The van der Waals surface area contributed by atoms with E-state index in [0.29, 0.717) is 13.0 Å². The topological polar surface area (TPSA) is 58.6 Å². The minimum absolute atomic E-state index is 0.200. The Kier molecular flexibility index (Phi) is 6.08. The van der Waals surface area contributed by atoms with Crippen LogP contribution in [0.4, 0.5) is 10.5 Å². The summed E-state index contributed by atoms with van der Waals surface area (Å²) in [5.74, 6) is -0.200. The zero-order valence-electron chi connectivity index (χ0n) is 16.4. The van der Waals surface area contributed by atoms with E-state index in [1.54, 1.807) is 4.90 Å². The average molecular weight is 445 g/mol. The molecule has 2 aromatic rings. The van der Waals surface area contributed by atoms with Crippen LogP contribution in [0.1, 0.15) is 31.9 Å². The number of carbonyl (C=O) groups is 2. The Bertz CT molecular complexity index is 862. The van der Waals surface area contributed by atoms with Gasteiger partial charge in [0.15, 0.2) is 6.10 Å². The second-order valence-electron chi connectivity index (χ2n) is 7.97. The number of amides is 2. The van der Waals surface area contributed by atoms with Gasteiger partial charge in [0.2, 0.25) is 0 Å². The molecular formula is C22H25BrN2O3. The monoisotopic (exact) mass is 444 g/mol. The predicted molar refractivity (Wildman–Crippen MR) is 114 cm³/mol. The molecule has 1 aliphatic heterocycles. The van der Waals surface area contributed by atoms with Crippen molar-refractivity contribution in [3.63, 3.8) is 0 Å². The number of nitrogens with one attached hydrogen (secondary N) is 1. The van der Waals surface area contributed by atoms with Gasteiger partial charge in [0.1, 0.15) is 0 Å². The first-order chi connectivity index (χ1) is 13.2. The van der Waals surface area contributed by atoms with E-state index in [1.165, 1.54) is 0 Å². The number of alkyl carbamates (subject to hydrolysis) is 1. The molecule has 0 fully saturated rings. The maximum Gasteiger partial charge on any atom is 0.408 e. The molecule has 0 saturated heterocycles. The third-order valence-corrected chi connectivity index (χ3v) is 4.96. The Morgan fingerprint density at radius 1 is 1.18 bits per heavy atom. The van der Waals surface area contributed by atoms with Crippen LogP contribution in [0.2, 0.25) is 0 Å². The fraction of sp³-hybridized carbons (Fsp3) is 0.364. The van der Waals surface area contributed by atoms with Gasteiger partial charge < -0.3 is 15.0 Å². The van der Waals surface area contributed by atoms with Crippen molar-refractivity contribution in [2.45, 2.75) is 45.3 Å². The van der Waals surface area contributed by atoms with Gasteiger partial charge in [0, 0.05) is 28.7 Å². The number of benzene rings is 2. The van der Waals surface area contributed by atoms with Gasteiger partial charge in [0.25, 0.3) is 5.91 Å². The van der Waals surface area contributed by atoms with E-state index in [0.717, 1.165) is 27.7 Å². The largest absolute Gasteiger partial charge is 0.436 e. The summed E-state index contributed by atoms with van der Waals surface area (Å²) in [4.78, 5) is 27.4. The molecule has 0 aliphatic carbocycles. The standard InChI is InChI=1S/C22H25BrN2O3/c1-22(2,3)24-21(27)28-19(13-15-7-5-4-6-8-15)20(26)25-12-11-16-14-17(23)9-10-18(16)25/h4-10,14,19H,11-13H2,1-3H3,(H,24,27)/t19-/m0/s1. The molecule has 1 N–H and O–H groups in total. The first-order valence-corrected chi connectivity index (χ1v) is 10.1. The molecule has 0 spiro atoms. The normalized spacial score (nSPS) is 14.4. The van der Waals surface area contributed by atoms with Crippen molar-refractivity contribution >= 4 is 33.6 Å². The Hall–Kier alpha value is -2.34. The molecule has 0 saturated carbocycles. The van der Waals surface area contributed by atoms with Crippen molar-refractivity contribution in [3.05, 3.63) is 64.1 Å². The SMILES string of the molecule is CC(C)(C)NC(=O)O[C@@H](Cc1ccccc1)C(=O)N1CCc2cc(Br)ccc21. The van der Waals surface area contributed by atoms with Crippen molar-refractivity contribution < 1.29 is 14.3 Å². The lowest BCUT2D eigenvalue weighted by atomic mass is 10.1. The molecule has 148 valence electrons. The summed E-state index contributed by atoms with van der Waals surface area (Å²) < 4.78 is 6.58. The summed E-state index contributed by atoms with van der Waals surface area (Å²) in [6, 6.07) is 15.5. The van der Waals surface area contributed by atoms with E-state index in [4.69, 9.17) is 4.74 Å². The highest BCUT2D eigenvalue weighted by atomic mass is 79.9. The number of carbonyl (C=O) groups excluding carboxylic acids is 2. The van der Waals surface area contributed by atoms with Gasteiger partial charge in [-0.1, -0.05) is 46.3 Å². The second kappa shape index (κ2) is 8.35. The smallest absolute Gasteiger partial charge is 0.408 e. The number of halogens is 1. The molecule has 1 heterocycles. The summed E-state index contributed by atoms with van der Waals surface area (Å²) in [6.45, 7) is 6.20. The van der Waals surface area contributed by atoms with E-state index in [-0.39, 0.29) is 5.91 Å². The maximum atomic E-state index is 13.3. The fourth-order valence-electron chi connectivity index (χ4n) is 3.25. The van der Waals surface area contributed by atoms with E-state index in [9.17, 15) is 9.59 Å². The van der Waals surface area contributed by atoms with Crippen LogP contribution in [0.5, 0.6) is 0 Å². The Morgan fingerprint density at radius 2 is 1.89 bits per heavy atom. The van der Waals surface area contributed by atoms with Gasteiger partial charge in [-0.3, -0.25) is 4.79 Å². The molecule has 0 radical (unpaired) electrons. The molecular weight excluding hydrogens is 420 g/mol. The highest BCUT2D eigenvalue weighted by Gasteiger charge is 2.33. The zero-order valence-corrected chi connectivity index (χ0v) is 18.0. The Morgan fingerprint density at radius 3 is 2.57 bits per heavy atom. The summed E-state index contributed by atoms with van der Waals surface area (Å²) >= 11 is 3.47. The minimum atomic E-state index is -0.889. The number of anilines is 1. The summed E-state index contributed by atoms with van der Waals surface area (Å²) in [7, 11) is 0. The predicted octanol–water partition coefficient (Wildman–Crippen LogP) is 4.47. The van der Waals surface area contributed by atoms with Crippen LogP contribution in [0.25, 0.3) is 0 Å². The summed E-state index contributed by atoms with van der Waals surface area (Å²) in [6.07, 6.45) is -0.358. The van der Waals surface area contributed by atoms with Crippen molar-refractivity contribution in [1.29, 1.82) is 0 Å². The number of fused-ring (bicyclic) bond motifs is 1. The first-order valence-electron chi connectivity index (χ1n) is 9.35. The van der Waals surface area contributed by atoms with Crippen LogP contribution >= 0.6 is 15.9 Å². The minimum Gasteiger partial charge on any atom is -0.436 e. The van der Waals surface area contributed by atoms with Crippen LogP contribution in [-0.4, -0.2) is 30.2 Å². The lowest BCUT2D eigenvalue weighted by Crippen LogP contribution is -2.47. The van der Waals surface area contributed by atoms with Gasteiger partial charge in [-0.05, 0) is 56.5 Å². The molecule has 5 nitrogen and oxygen atoms in total. The van der Waals surface area contributed by atoms with Crippen molar-refractivity contribution in [1.82, 2.24) is 5.32 Å². The van der Waals surface area contributed by atoms with Gasteiger partial charge in [-0.15, -0.1) is 0 Å². The second-order valence-corrected chi connectivity index (χ2v) is 8.89. The van der Waals surface area contributed by atoms with Crippen LogP contribution in [-0.2, 0) is 22.4 Å². The highest BCUT2D eigenvalue weighted by Crippen LogP contribution is 2.31. The molecule has 2 amide bonds. The van der Waals surface area contributed by atoms with Gasteiger partial charge in [-0.2, -0.15) is 0 Å². The van der Waals surface area contributed by atoms with Crippen LogP contribution < -0.4 is 10.2 Å². The lowest BCUT2D eigenvalue weighted by molar-refractivity contribution is -0.126. The van der Waals surface area contributed by atoms with E-state index in [1.807, 2.05) is 69.3 Å². The molecule has 3 rings (SSSR count). The zero-order chi connectivity index (χ0) is 20.3. The van der Waals surface area contributed by atoms with E-state index >= 15 is 0 Å². The molecule has 0 unspecified atom stereocenters. The van der Waals surface area contributed by atoms with Crippen molar-refractivity contribution in [2.24, 2.45) is 0 Å². The molecule has 0 bridgehead atoms. The first kappa shape index (κ1) is 20.4. The van der Waals surface area contributed by atoms with Crippen LogP contribution in [0.15, 0.2) is 53.0 Å². The van der Waals surface area contributed by atoms with Crippen molar-refractivity contribution in [3.8, 4) is 0 Å². The van der Waals surface area contributed by atoms with Gasteiger partial charge >= 0.3 is 6.09 Å². The van der Waals surface area contributed by atoms with E-state index in [2.05, 4.69) is 21.2 Å².